The van der Waals surface area contributed by atoms with Crippen LogP contribution in [-0.2, 0) is 9.59 Å². The first kappa shape index (κ1) is 25.2. The fraction of sp³-hybridized carbons (Fsp3) is 0.231. The van der Waals surface area contributed by atoms with Crippen molar-refractivity contribution >= 4 is 23.2 Å². The van der Waals surface area contributed by atoms with Gasteiger partial charge in [0.1, 0.15) is 11.5 Å². The Bertz CT molecular complexity index is 1220. The summed E-state index contributed by atoms with van der Waals surface area (Å²) < 4.78 is 10.9. The molecule has 3 aromatic carbocycles. The molecule has 3 aromatic rings. The third kappa shape index (κ3) is 6.35. The molecular formula is C26H27N3O6. The summed E-state index contributed by atoms with van der Waals surface area (Å²) in [5, 5.41) is 14.1. The molecule has 0 bridgehead atoms. The standard InChI is InChI=1S/C26H27N3O6/c1-17-6-5-7-18(2)26(17)27-24(30)15-28(3)25(31)16-35-23-13-10-20(29(32)33)14-22(23)19-8-11-21(34-4)12-9-19/h5-14H,15-16H2,1-4H3,(H,27,30). The number of ether oxygens (including phenoxy) is 2. The van der Waals surface area contributed by atoms with E-state index in [-0.39, 0.29) is 24.7 Å². The summed E-state index contributed by atoms with van der Waals surface area (Å²) in [5.41, 5.74) is 3.61. The van der Waals surface area contributed by atoms with Gasteiger partial charge in [-0.3, -0.25) is 19.7 Å². The Morgan fingerprint density at radius 2 is 1.69 bits per heavy atom. The number of non-ortho nitro benzene ring substituents is 1. The molecule has 0 radical (unpaired) electrons. The second kappa shape index (κ2) is 11.1. The minimum Gasteiger partial charge on any atom is -0.497 e. The van der Waals surface area contributed by atoms with Crippen molar-refractivity contribution in [3.05, 3.63) is 81.9 Å². The summed E-state index contributed by atoms with van der Waals surface area (Å²) in [4.78, 5) is 37.2. The van der Waals surface area contributed by atoms with E-state index in [2.05, 4.69) is 5.32 Å². The van der Waals surface area contributed by atoms with Gasteiger partial charge in [0.05, 0.1) is 18.6 Å². The van der Waals surface area contributed by atoms with Gasteiger partial charge in [-0.1, -0.05) is 30.3 Å². The van der Waals surface area contributed by atoms with Crippen LogP contribution in [0.1, 0.15) is 11.1 Å². The highest BCUT2D eigenvalue weighted by molar-refractivity contribution is 5.95. The lowest BCUT2D eigenvalue weighted by Crippen LogP contribution is -2.37. The van der Waals surface area contributed by atoms with Crippen LogP contribution in [-0.4, -0.2) is 48.9 Å². The summed E-state index contributed by atoms with van der Waals surface area (Å²) in [5.74, 6) is 0.202. The molecule has 9 nitrogen and oxygen atoms in total. The molecule has 0 aliphatic carbocycles. The predicted molar refractivity (Wildman–Crippen MR) is 133 cm³/mol. The molecule has 0 spiro atoms. The average Bonchev–Trinajstić information content (AvgIpc) is 2.84. The van der Waals surface area contributed by atoms with E-state index in [0.29, 0.717) is 22.6 Å². The number of hydrogen-bond donors (Lipinski definition) is 1. The van der Waals surface area contributed by atoms with Crippen molar-refractivity contribution in [2.75, 3.05) is 32.6 Å². The molecule has 0 aliphatic rings. The molecule has 0 aliphatic heterocycles. The van der Waals surface area contributed by atoms with Crippen LogP contribution in [0, 0.1) is 24.0 Å². The zero-order valence-corrected chi connectivity index (χ0v) is 20.0. The molecular weight excluding hydrogens is 450 g/mol. The number of anilines is 1. The number of nitrogens with one attached hydrogen (secondary N) is 1. The first-order chi connectivity index (χ1) is 16.7. The lowest BCUT2D eigenvalue weighted by Gasteiger charge is -2.19. The molecule has 9 heteroatoms. The molecule has 0 unspecified atom stereocenters. The van der Waals surface area contributed by atoms with Crippen molar-refractivity contribution in [1.82, 2.24) is 4.90 Å². The number of nitrogens with zero attached hydrogens (tertiary/aromatic N) is 2. The number of nitro groups is 1. The maximum atomic E-state index is 12.6. The van der Waals surface area contributed by atoms with Crippen LogP contribution in [0.5, 0.6) is 11.5 Å². The van der Waals surface area contributed by atoms with Crippen molar-refractivity contribution in [2.24, 2.45) is 0 Å². The maximum Gasteiger partial charge on any atom is 0.270 e. The molecule has 0 saturated carbocycles. The van der Waals surface area contributed by atoms with Crippen LogP contribution in [0.25, 0.3) is 11.1 Å². The number of likely N-dealkylation sites (N-methyl/N-ethyl adjacent to an activating group) is 1. The van der Waals surface area contributed by atoms with E-state index in [1.807, 2.05) is 32.0 Å². The predicted octanol–water partition coefficient (Wildman–Crippen LogP) is 4.36. The van der Waals surface area contributed by atoms with Crippen LogP contribution >= 0.6 is 0 Å². The number of nitro benzene ring substituents is 1. The number of aryl methyl sites for hydroxylation is 2. The van der Waals surface area contributed by atoms with Crippen LogP contribution < -0.4 is 14.8 Å². The fourth-order valence-corrected chi connectivity index (χ4v) is 3.50. The number of para-hydroxylation sites is 1. The highest BCUT2D eigenvalue weighted by Gasteiger charge is 2.18. The molecule has 0 heterocycles. The van der Waals surface area contributed by atoms with Gasteiger partial charge >= 0.3 is 0 Å². The number of hydrogen-bond acceptors (Lipinski definition) is 6. The Balaban J connectivity index is 1.69. The number of amides is 2. The van der Waals surface area contributed by atoms with E-state index in [1.165, 1.54) is 30.1 Å². The van der Waals surface area contributed by atoms with Crippen LogP contribution in [0.15, 0.2) is 60.7 Å². The fourth-order valence-electron chi connectivity index (χ4n) is 3.50. The van der Waals surface area contributed by atoms with Gasteiger partial charge < -0.3 is 19.7 Å². The maximum absolute atomic E-state index is 12.6. The third-order valence-corrected chi connectivity index (χ3v) is 5.48. The van der Waals surface area contributed by atoms with Gasteiger partial charge in [0.2, 0.25) is 5.91 Å². The minimum atomic E-state index is -0.496. The summed E-state index contributed by atoms with van der Waals surface area (Å²) >= 11 is 0. The smallest absolute Gasteiger partial charge is 0.270 e. The van der Waals surface area contributed by atoms with Gasteiger partial charge in [0.25, 0.3) is 11.6 Å². The van der Waals surface area contributed by atoms with E-state index in [0.717, 1.165) is 16.8 Å². The molecule has 3 rings (SSSR count). The normalized spacial score (nSPS) is 10.4. The molecule has 2 amide bonds. The number of carbonyl (C=O) groups is 2. The van der Waals surface area contributed by atoms with Crippen molar-refractivity contribution in [2.45, 2.75) is 13.8 Å². The molecule has 0 atom stereocenters. The average molecular weight is 478 g/mol. The number of rotatable bonds is 9. The molecule has 0 aromatic heterocycles. The monoisotopic (exact) mass is 477 g/mol. The molecule has 35 heavy (non-hydrogen) atoms. The van der Waals surface area contributed by atoms with Gasteiger partial charge in [-0.05, 0) is 48.7 Å². The first-order valence-corrected chi connectivity index (χ1v) is 10.8. The van der Waals surface area contributed by atoms with Gasteiger partial charge in [0, 0.05) is 30.4 Å². The molecule has 1 N–H and O–H groups in total. The second-order valence-electron chi connectivity index (χ2n) is 8.02. The van der Waals surface area contributed by atoms with Crippen molar-refractivity contribution in [1.29, 1.82) is 0 Å². The molecule has 182 valence electrons. The van der Waals surface area contributed by atoms with Gasteiger partial charge in [-0.2, -0.15) is 0 Å². The summed E-state index contributed by atoms with van der Waals surface area (Å²) in [7, 11) is 3.05. The lowest BCUT2D eigenvalue weighted by molar-refractivity contribution is -0.384. The quantitative estimate of drug-likeness (QED) is 0.362. The van der Waals surface area contributed by atoms with E-state index >= 15 is 0 Å². The largest absolute Gasteiger partial charge is 0.497 e. The van der Waals surface area contributed by atoms with Gasteiger partial charge in [0.15, 0.2) is 6.61 Å². The Labute approximate surface area is 203 Å². The summed E-state index contributed by atoms with van der Waals surface area (Å²) in [6.45, 7) is 3.31. The van der Waals surface area contributed by atoms with Crippen LogP contribution in [0.2, 0.25) is 0 Å². The molecule has 0 saturated heterocycles. The molecule has 0 fully saturated rings. The van der Waals surface area contributed by atoms with Crippen molar-refractivity contribution < 1.29 is 24.0 Å². The topological polar surface area (TPSA) is 111 Å². The van der Waals surface area contributed by atoms with E-state index < -0.39 is 10.8 Å². The Hall–Kier alpha value is -4.40. The zero-order chi connectivity index (χ0) is 25.5. The Morgan fingerprint density at radius 1 is 1.03 bits per heavy atom. The van der Waals surface area contributed by atoms with E-state index in [9.17, 15) is 19.7 Å². The van der Waals surface area contributed by atoms with Crippen LogP contribution in [0.3, 0.4) is 0 Å². The number of carbonyl (C=O) groups excluding carboxylic acids is 2. The first-order valence-electron chi connectivity index (χ1n) is 10.8. The SMILES string of the molecule is COc1ccc(-c2cc([N+](=O)[O-])ccc2OCC(=O)N(C)CC(=O)Nc2c(C)cccc2C)cc1. The summed E-state index contributed by atoms with van der Waals surface area (Å²) in [6.07, 6.45) is 0. The van der Waals surface area contributed by atoms with Crippen molar-refractivity contribution in [3.8, 4) is 22.6 Å². The lowest BCUT2D eigenvalue weighted by atomic mass is 10.0. The van der Waals surface area contributed by atoms with Crippen molar-refractivity contribution in [3.63, 3.8) is 0 Å². The van der Waals surface area contributed by atoms with E-state index in [4.69, 9.17) is 9.47 Å². The van der Waals surface area contributed by atoms with E-state index in [1.54, 1.807) is 31.4 Å². The number of benzene rings is 3. The highest BCUT2D eigenvalue weighted by Crippen LogP contribution is 2.34. The number of methoxy groups -OCH3 is 1. The van der Waals surface area contributed by atoms with Gasteiger partial charge in [-0.25, -0.2) is 0 Å². The summed E-state index contributed by atoms with van der Waals surface area (Å²) in [6, 6.07) is 16.8. The van der Waals surface area contributed by atoms with Crippen LogP contribution in [0.4, 0.5) is 11.4 Å². The minimum absolute atomic E-state index is 0.102. The third-order valence-electron chi connectivity index (χ3n) is 5.48. The zero-order valence-electron chi connectivity index (χ0n) is 20.0. The van der Waals surface area contributed by atoms with Gasteiger partial charge in [-0.15, -0.1) is 0 Å². The second-order valence-corrected chi connectivity index (χ2v) is 8.02. The highest BCUT2D eigenvalue weighted by atomic mass is 16.6. The Morgan fingerprint density at radius 3 is 2.29 bits per heavy atom. The Kier molecular flexibility index (Phi) is 8.04.